The van der Waals surface area contributed by atoms with Crippen molar-refractivity contribution in [2.75, 3.05) is 31.0 Å². The zero-order valence-electron chi connectivity index (χ0n) is 16.3. The van der Waals surface area contributed by atoms with Crippen molar-refractivity contribution >= 4 is 28.7 Å². The van der Waals surface area contributed by atoms with Crippen LogP contribution in [0.15, 0.2) is 42.5 Å². The van der Waals surface area contributed by atoms with E-state index in [4.69, 9.17) is 17.0 Å². The van der Waals surface area contributed by atoms with Crippen molar-refractivity contribution in [2.45, 2.75) is 18.5 Å². The second kappa shape index (κ2) is 10.6. The molecule has 0 aliphatic rings. The number of hydrogen-bond donors (Lipinski definition) is 2. The zero-order valence-corrected chi connectivity index (χ0v) is 17.1. The monoisotopic (exact) mass is 486 g/mol. The molecule has 0 unspecified atom stereocenters. The Hall–Kier alpha value is -2.96. The van der Waals surface area contributed by atoms with Crippen LogP contribution in [0.5, 0.6) is 17.2 Å². The number of rotatable bonds is 9. The molecule has 2 N–H and O–H groups in total. The summed E-state index contributed by atoms with van der Waals surface area (Å²) < 4.78 is 103. The molecule has 0 amide bonds. The fourth-order valence-electron chi connectivity index (χ4n) is 2.19. The number of thiocarbonyl (C=S) groups is 1. The minimum absolute atomic E-state index is 0.00560. The first-order chi connectivity index (χ1) is 14.9. The highest BCUT2D eigenvalue weighted by Gasteiger charge is 2.41. The number of nitrogens with one attached hydrogen (secondary N) is 2. The van der Waals surface area contributed by atoms with Crippen molar-refractivity contribution in [3.05, 3.63) is 42.5 Å². The highest BCUT2D eigenvalue weighted by Crippen LogP contribution is 2.30. The van der Waals surface area contributed by atoms with Gasteiger partial charge in [-0.1, -0.05) is 0 Å². The Morgan fingerprint density at radius 2 is 1.38 bits per heavy atom. The summed E-state index contributed by atoms with van der Waals surface area (Å²) in [5.41, 5.74) is 0.548. The average Bonchev–Trinajstić information content (AvgIpc) is 2.70. The van der Waals surface area contributed by atoms with Gasteiger partial charge in [0, 0.05) is 29.6 Å². The molecule has 5 nitrogen and oxygen atoms in total. The first-order valence-electron chi connectivity index (χ1n) is 8.73. The van der Waals surface area contributed by atoms with E-state index >= 15 is 0 Å². The molecule has 0 aromatic heterocycles. The van der Waals surface area contributed by atoms with Crippen molar-refractivity contribution < 1.29 is 44.9 Å². The third-order valence-electron chi connectivity index (χ3n) is 3.64. The van der Waals surface area contributed by atoms with Crippen molar-refractivity contribution in [3.8, 4) is 17.2 Å². The topological polar surface area (TPSA) is 51.8 Å². The van der Waals surface area contributed by atoms with E-state index in [1.165, 1.54) is 7.11 Å². The minimum atomic E-state index is -4.67. The molecule has 0 bridgehead atoms. The molecule has 0 spiro atoms. The summed E-state index contributed by atoms with van der Waals surface area (Å²) in [5, 5.41) is 5.41. The maximum atomic E-state index is 13.1. The molecule has 0 heterocycles. The molecule has 32 heavy (non-hydrogen) atoms. The first kappa shape index (κ1) is 25.3. The molecule has 0 aliphatic heterocycles. The van der Waals surface area contributed by atoms with Gasteiger partial charge < -0.3 is 24.8 Å². The standard InChI is InChI=1S/C19H17F7N2O3S/c1-29-13-4-2-11(3-5-13)27-17(32)28-12-6-14(30-9-18(22,23)16(20)21)8-15(7-12)31-10-19(24,25)26/h2-8,16H,9-10H2,1H3,(H2,27,28,32). The number of methoxy groups -OCH3 is 1. The van der Waals surface area contributed by atoms with Crippen LogP contribution in [0.1, 0.15) is 0 Å². The van der Waals surface area contributed by atoms with Gasteiger partial charge in [-0.2, -0.15) is 22.0 Å². The van der Waals surface area contributed by atoms with E-state index in [-0.39, 0.29) is 10.8 Å². The van der Waals surface area contributed by atoms with Crippen LogP contribution in [-0.4, -0.2) is 44.0 Å². The van der Waals surface area contributed by atoms with Gasteiger partial charge in [0.1, 0.15) is 17.2 Å². The molecule has 2 aromatic rings. The van der Waals surface area contributed by atoms with E-state index < -0.39 is 43.2 Å². The van der Waals surface area contributed by atoms with Gasteiger partial charge >= 0.3 is 18.5 Å². The summed E-state index contributed by atoms with van der Waals surface area (Å²) in [6.07, 6.45) is -8.65. The molecule has 2 aromatic carbocycles. The highest BCUT2D eigenvalue weighted by molar-refractivity contribution is 7.80. The van der Waals surface area contributed by atoms with Crippen LogP contribution in [0.2, 0.25) is 0 Å². The predicted molar refractivity (Wildman–Crippen MR) is 107 cm³/mol. The van der Waals surface area contributed by atoms with Gasteiger partial charge in [-0.3, -0.25) is 0 Å². The molecule has 0 radical (unpaired) electrons. The minimum Gasteiger partial charge on any atom is -0.497 e. The molecular formula is C19H17F7N2O3S. The largest absolute Gasteiger partial charge is 0.497 e. The van der Waals surface area contributed by atoms with Crippen LogP contribution in [0.4, 0.5) is 42.1 Å². The van der Waals surface area contributed by atoms with Crippen LogP contribution >= 0.6 is 12.2 Å². The average molecular weight is 486 g/mol. The van der Waals surface area contributed by atoms with Crippen LogP contribution < -0.4 is 24.8 Å². The molecule has 13 heteroatoms. The van der Waals surface area contributed by atoms with Crippen molar-refractivity contribution in [3.63, 3.8) is 0 Å². The summed E-state index contributed by atoms with van der Waals surface area (Å²) >= 11 is 5.11. The fraction of sp³-hybridized carbons (Fsp3) is 0.316. The third-order valence-corrected chi connectivity index (χ3v) is 3.84. The number of halogens is 7. The van der Waals surface area contributed by atoms with Crippen LogP contribution in [0.3, 0.4) is 0 Å². The number of hydrogen-bond acceptors (Lipinski definition) is 4. The maximum absolute atomic E-state index is 13.1. The third kappa shape index (κ3) is 8.29. The van der Waals surface area contributed by atoms with E-state index in [0.717, 1.165) is 18.2 Å². The number of ether oxygens (including phenoxy) is 3. The summed E-state index contributed by atoms with van der Waals surface area (Å²) in [4.78, 5) is 0. The summed E-state index contributed by atoms with van der Waals surface area (Å²) in [6.45, 7) is -3.36. The quantitative estimate of drug-likeness (QED) is 0.349. The van der Waals surface area contributed by atoms with Gasteiger partial charge in [0.25, 0.3) is 0 Å². The van der Waals surface area contributed by atoms with Gasteiger partial charge in [-0.05, 0) is 36.5 Å². The maximum Gasteiger partial charge on any atom is 0.422 e. The Morgan fingerprint density at radius 1 is 0.844 bits per heavy atom. The summed E-state index contributed by atoms with van der Waals surface area (Å²) in [6, 6.07) is 9.61. The second-order valence-corrected chi connectivity index (χ2v) is 6.66. The zero-order chi connectivity index (χ0) is 23.9. The lowest BCUT2D eigenvalue weighted by atomic mass is 10.2. The van der Waals surface area contributed by atoms with Crippen LogP contribution in [0.25, 0.3) is 0 Å². The Kier molecular flexibility index (Phi) is 8.36. The lowest BCUT2D eigenvalue weighted by molar-refractivity contribution is -0.153. The smallest absolute Gasteiger partial charge is 0.422 e. The van der Waals surface area contributed by atoms with Gasteiger partial charge in [0.05, 0.1) is 7.11 Å². The van der Waals surface area contributed by atoms with Gasteiger partial charge in [-0.15, -0.1) is 0 Å². The van der Waals surface area contributed by atoms with E-state index in [2.05, 4.69) is 20.1 Å². The molecule has 0 fully saturated rings. The van der Waals surface area contributed by atoms with Gasteiger partial charge in [-0.25, -0.2) is 8.78 Å². The second-order valence-electron chi connectivity index (χ2n) is 6.25. The van der Waals surface area contributed by atoms with Crippen molar-refractivity contribution in [1.29, 1.82) is 0 Å². The van der Waals surface area contributed by atoms with E-state index in [0.29, 0.717) is 11.4 Å². The Balaban J connectivity index is 2.15. The van der Waals surface area contributed by atoms with Crippen LogP contribution in [0, 0.1) is 0 Å². The van der Waals surface area contributed by atoms with Crippen molar-refractivity contribution in [1.82, 2.24) is 0 Å². The molecule has 0 saturated heterocycles. The number of anilines is 2. The molecule has 2 rings (SSSR count). The van der Waals surface area contributed by atoms with E-state index in [1.54, 1.807) is 24.3 Å². The lowest BCUT2D eigenvalue weighted by Crippen LogP contribution is -2.33. The molecule has 0 aliphatic carbocycles. The highest BCUT2D eigenvalue weighted by atomic mass is 32.1. The SMILES string of the molecule is COc1ccc(NC(=S)Nc2cc(OCC(F)(F)F)cc(OCC(F)(F)C(F)F)c2)cc1. The Labute approximate surface area is 183 Å². The van der Waals surface area contributed by atoms with E-state index in [9.17, 15) is 30.7 Å². The predicted octanol–water partition coefficient (Wildman–Crippen LogP) is 5.72. The summed E-state index contributed by atoms with van der Waals surface area (Å²) in [5.74, 6) is -4.71. The molecular weight excluding hydrogens is 469 g/mol. The first-order valence-corrected chi connectivity index (χ1v) is 9.14. The van der Waals surface area contributed by atoms with Crippen molar-refractivity contribution in [2.24, 2.45) is 0 Å². The molecule has 0 saturated carbocycles. The molecule has 176 valence electrons. The van der Waals surface area contributed by atoms with Crippen LogP contribution in [-0.2, 0) is 0 Å². The fourth-order valence-corrected chi connectivity index (χ4v) is 2.42. The Bertz CT molecular complexity index is 909. The normalized spacial score (nSPS) is 11.8. The lowest BCUT2D eigenvalue weighted by Gasteiger charge is -2.18. The number of alkyl halides is 7. The van der Waals surface area contributed by atoms with Gasteiger partial charge in [0.2, 0.25) is 0 Å². The van der Waals surface area contributed by atoms with Gasteiger partial charge in [0.15, 0.2) is 18.3 Å². The van der Waals surface area contributed by atoms with E-state index in [1.807, 2.05) is 0 Å². The Morgan fingerprint density at radius 3 is 1.88 bits per heavy atom. The molecule has 0 atom stereocenters. The number of benzene rings is 2. The summed E-state index contributed by atoms with van der Waals surface area (Å²) in [7, 11) is 1.49.